The monoisotopic (exact) mass is 410 g/mol. The van der Waals surface area contributed by atoms with Crippen molar-refractivity contribution in [1.82, 2.24) is 9.80 Å². The second-order valence-corrected chi connectivity index (χ2v) is 10.4. The Balaban J connectivity index is 1.63. The van der Waals surface area contributed by atoms with Crippen molar-refractivity contribution in [3.8, 4) is 0 Å². The van der Waals surface area contributed by atoms with Gasteiger partial charge in [-0.25, -0.2) is 0 Å². The maximum atomic E-state index is 12.2. The zero-order chi connectivity index (χ0) is 20.6. The van der Waals surface area contributed by atoms with Crippen molar-refractivity contribution in [2.45, 2.75) is 81.9 Å². The third-order valence-corrected chi connectivity index (χ3v) is 8.63. The number of carbonyl (C=O) groups is 1. The standard InChI is InChI=1S/C26H38N2O2/c29-19-21-17-26(30)13-8-4-1-2-5-9-14-27-16-12-23(21)25(20-27)18-22-11-7-3-6-10-15-28(22)24(25)26/h1,4,7,11,17,19,22-24,30H,2-3,5-6,8-10,12-16,18,20H2/b4-1-,11-7-/t22-,23-,24-,25-,26-/m0/s1. The van der Waals surface area contributed by atoms with Crippen LogP contribution in [0.4, 0.5) is 0 Å². The normalized spacial score (nSPS) is 46.6. The van der Waals surface area contributed by atoms with Gasteiger partial charge in [-0.3, -0.25) is 9.69 Å². The summed E-state index contributed by atoms with van der Waals surface area (Å²) in [6.45, 7) is 4.33. The average Bonchev–Trinajstić information content (AvgIpc) is 3.01. The number of carbonyl (C=O) groups excluding carboxylic acids is 1. The van der Waals surface area contributed by atoms with Crippen LogP contribution in [0.25, 0.3) is 0 Å². The highest BCUT2D eigenvalue weighted by molar-refractivity contribution is 5.76. The van der Waals surface area contributed by atoms with Gasteiger partial charge in [-0.2, -0.15) is 0 Å². The van der Waals surface area contributed by atoms with Gasteiger partial charge in [0.2, 0.25) is 0 Å². The molecule has 2 saturated heterocycles. The number of allylic oxidation sites excluding steroid dienone is 4. The Morgan fingerprint density at radius 1 is 1.00 bits per heavy atom. The van der Waals surface area contributed by atoms with Crippen LogP contribution in [-0.4, -0.2) is 65.1 Å². The topological polar surface area (TPSA) is 43.8 Å². The first-order chi connectivity index (χ1) is 14.7. The van der Waals surface area contributed by atoms with Crippen LogP contribution in [0.2, 0.25) is 0 Å². The fourth-order valence-electron chi connectivity index (χ4n) is 7.53. The van der Waals surface area contributed by atoms with E-state index in [2.05, 4.69) is 34.1 Å². The van der Waals surface area contributed by atoms with Crippen LogP contribution in [0.3, 0.4) is 0 Å². The van der Waals surface area contributed by atoms with Crippen molar-refractivity contribution in [3.63, 3.8) is 0 Å². The van der Waals surface area contributed by atoms with Gasteiger partial charge in [-0.15, -0.1) is 0 Å². The SMILES string of the molecule is O=CC1=C[C@@]2(O)CC/C=C\CCCCN3CC[C@@H]1[C@]1(C[C@@H]4/C=C\CCCCN4[C@@H]12)C3. The molecule has 164 valence electrons. The quantitative estimate of drug-likeness (QED) is 0.526. The van der Waals surface area contributed by atoms with E-state index in [-0.39, 0.29) is 11.5 Å². The van der Waals surface area contributed by atoms with Crippen molar-refractivity contribution in [2.24, 2.45) is 11.3 Å². The molecular formula is C26H38N2O2. The number of nitrogens with zero attached hydrogens (tertiary/aromatic N) is 2. The van der Waals surface area contributed by atoms with Crippen molar-refractivity contribution < 1.29 is 9.90 Å². The molecule has 1 spiro atoms. The van der Waals surface area contributed by atoms with Crippen molar-refractivity contribution >= 4 is 6.29 Å². The van der Waals surface area contributed by atoms with E-state index in [9.17, 15) is 9.90 Å². The maximum Gasteiger partial charge on any atom is 0.146 e. The van der Waals surface area contributed by atoms with Gasteiger partial charge < -0.3 is 10.0 Å². The van der Waals surface area contributed by atoms with Crippen LogP contribution in [0.1, 0.15) is 64.2 Å². The Morgan fingerprint density at radius 3 is 2.67 bits per heavy atom. The first-order valence-electron chi connectivity index (χ1n) is 12.4. The molecule has 2 fully saturated rings. The fourth-order valence-corrected chi connectivity index (χ4v) is 7.53. The van der Waals surface area contributed by atoms with Crippen molar-refractivity contribution in [1.29, 1.82) is 0 Å². The maximum absolute atomic E-state index is 12.2. The van der Waals surface area contributed by atoms with Crippen LogP contribution >= 0.6 is 0 Å². The summed E-state index contributed by atoms with van der Waals surface area (Å²) in [5.41, 5.74) is -0.0582. The second kappa shape index (κ2) is 8.37. The molecule has 5 aliphatic rings. The van der Waals surface area contributed by atoms with Crippen LogP contribution < -0.4 is 0 Å². The molecular weight excluding hydrogens is 372 g/mol. The van der Waals surface area contributed by atoms with Crippen molar-refractivity contribution in [2.75, 3.05) is 26.2 Å². The van der Waals surface area contributed by atoms with Gasteiger partial charge in [0.1, 0.15) is 6.29 Å². The first kappa shape index (κ1) is 20.7. The van der Waals surface area contributed by atoms with Gasteiger partial charge in [0, 0.05) is 18.0 Å². The number of hydrogen-bond donors (Lipinski definition) is 1. The second-order valence-electron chi connectivity index (χ2n) is 10.4. The number of rotatable bonds is 1. The van der Waals surface area contributed by atoms with Gasteiger partial charge in [0.25, 0.3) is 0 Å². The Morgan fingerprint density at radius 2 is 1.80 bits per heavy atom. The molecule has 3 bridgehead atoms. The van der Waals surface area contributed by atoms with E-state index in [1.807, 2.05) is 6.08 Å². The molecule has 4 heteroatoms. The Labute approximate surface area is 181 Å². The minimum absolute atomic E-state index is 0.0187. The van der Waals surface area contributed by atoms with E-state index >= 15 is 0 Å². The minimum atomic E-state index is -0.921. The minimum Gasteiger partial charge on any atom is -0.384 e. The number of fused-ring (bicyclic) bond motifs is 2. The highest BCUT2D eigenvalue weighted by Gasteiger charge is 2.65. The predicted octanol–water partition coefficient (Wildman–Crippen LogP) is 3.87. The summed E-state index contributed by atoms with van der Waals surface area (Å²) in [5.74, 6) is 0.291. The Kier molecular flexibility index (Phi) is 5.76. The molecule has 5 rings (SSSR count). The zero-order valence-corrected chi connectivity index (χ0v) is 18.3. The van der Waals surface area contributed by atoms with Gasteiger partial charge in [0.15, 0.2) is 0 Å². The summed E-state index contributed by atoms with van der Waals surface area (Å²) in [5, 5.41) is 12.2. The lowest BCUT2D eigenvalue weighted by Crippen LogP contribution is -2.66. The predicted molar refractivity (Wildman–Crippen MR) is 120 cm³/mol. The third kappa shape index (κ3) is 3.45. The van der Waals surface area contributed by atoms with E-state index in [0.29, 0.717) is 18.4 Å². The lowest BCUT2D eigenvalue weighted by molar-refractivity contribution is -0.114. The molecule has 4 nitrogen and oxygen atoms in total. The molecule has 1 aliphatic carbocycles. The number of aliphatic hydroxyl groups is 1. The largest absolute Gasteiger partial charge is 0.384 e. The lowest BCUT2D eigenvalue weighted by Gasteiger charge is -2.57. The zero-order valence-electron chi connectivity index (χ0n) is 18.3. The number of aldehydes is 1. The summed E-state index contributed by atoms with van der Waals surface area (Å²) in [4.78, 5) is 17.5. The molecule has 4 heterocycles. The molecule has 1 unspecified atom stereocenters. The molecule has 30 heavy (non-hydrogen) atoms. The fraction of sp³-hybridized carbons (Fsp3) is 0.731. The van der Waals surface area contributed by atoms with Crippen LogP contribution in [0.15, 0.2) is 36.0 Å². The molecule has 6 atom stereocenters. The van der Waals surface area contributed by atoms with Gasteiger partial charge >= 0.3 is 0 Å². The summed E-state index contributed by atoms with van der Waals surface area (Å²) < 4.78 is 0. The Hall–Kier alpha value is -1.23. The average molecular weight is 411 g/mol. The van der Waals surface area contributed by atoms with Crippen LogP contribution in [0, 0.1) is 11.3 Å². The van der Waals surface area contributed by atoms with E-state index < -0.39 is 5.60 Å². The van der Waals surface area contributed by atoms with Gasteiger partial charge in [-0.05, 0) is 101 Å². The van der Waals surface area contributed by atoms with E-state index in [1.54, 1.807) is 0 Å². The molecule has 4 aliphatic heterocycles. The van der Waals surface area contributed by atoms with Crippen molar-refractivity contribution in [3.05, 3.63) is 36.0 Å². The van der Waals surface area contributed by atoms with Crippen LogP contribution in [-0.2, 0) is 4.79 Å². The first-order valence-corrected chi connectivity index (χ1v) is 12.4. The van der Waals surface area contributed by atoms with E-state index in [1.165, 1.54) is 32.1 Å². The van der Waals surface area contributed by atoms with Gasteiger partial charge in [0.05, 0.1) is 11.6 Å². The molecule has 0 amide bonds. The van der Waals surface area contributed by atoms with E-state index in [4.69, 9.17) is 0 Å². The summed E-state index contributed by atoms with van der Waals surface area (Å²) in [6.07, 6.45) is 23.4. The van der Waals surface area contributed by atoms with Gasteiger partial charge in [-0.1, -0.05) is 24.3 Å². The summed E-state index contributed by atoms with van der Waals surface area (Å²) >= 11 is 0. The molecule has 0 aromatic rings. The molecule has 0 aromatic heterocycles. The molecule has 0 aromatic carbocycles. The summed E-state index contributed by atoms with van der Waals surface area (Å²) in [6, 6.07) is 0.510. The molecule has 0 radical (unpaired) electrons. The smallest absolute Gasteiger partial charge is 0.146 e. The molecule has 1 N–H and O–H groups in total. The number of hydrogen-bond acceptors (Lipinski definition) is 4. The highest BCUT2D eigenvalue weighted by Crippen LogP contribution is 2.59. The summed E-state index contributed by atoms with van der Waals surface area (Å²) in [7, 11) is 0. The number of piperidine rings is 1. The third-order valence-electron chi connectivity index (χ3n) is 8.63. The molecule has 0 saturated carbocycles. The lowest BCUT2D eigenvalue weighted by atomic mass is 9.55. The van der Waals surface area contributed by atoms with Crippen LogP contribution in [0.5, 0.6) is 0 Å². The highest BCUT2D eigenvalue weighted by atomic mass is 16.3. The van der Waals surface area contributed by atoms with E-state index in [0.717, 1.165) is 63.7 Å². The Bertz CT molecular complexity index is 743.